The van der Waals surface area contributed by atoms with Crippen LogP contribution in [0.2, 0.25) is 0 Å². The Balaban J connectivity index is 1.45. The summed E-state index contributed by atoms with van der Waals surface area (Å²) < 4.78 is 12.9. The molecule has 1 heterocycles. The van der Waals surface area contributed by atoms with Gasteiger partial charge in [-0.15, -0.1) is 0 Å². The zero-order chi connectivity index (χ0) is 18.4. The SMILES string of the molecule is Cc1ccc(NCc2nc(CC(=O)NCc3ccc(F)cc3)n[nH]2)cc1. The first kappa shape index (κ1) is 17.6. The number of hydrogen-bond donors (Lipinski definition) is 3. The number of aryl methyl sites for hydroxylation is 1. The summed E-state index contributed by atoms with van der Waals surface area (Å²) in [4.78, 5) is 16.3. The van der Waals surface area contributed by atoms with Crippen LogP contribution in [0.5, 0.6) is 0 Å². The van der Waals surface area contributed by atoms with Gasteiger partial charge in [0.2, 0.25) is 5.91 Å². The molecule has 3 N–H and O–H groups in total. The van der Waals surface area contributed by atoms with Crippen molar-refractivity contribution in [3.63, 3.8) is 0 Å². The summed E-state index contributed by atoms with van der Waals surface area (Å²) >= 11 is 0. The average Bonchev–Trinajstić information content (AvgIpc) is 3.08. The van der Waals surface area contributed by atoms with Gasteiger partial charge in [-0.1, -0.05) is 29.8 Å². The molecular formula is C19H20FN5O. The van der Waals surface area contributed by atoms with Crippen molar-refractivity contribution in [1.29, 1.82) is 0 Å². The maximum atomic E-state index is 12.9. The number of nitrogens with one attached hydrogen (secondary N) is 3. The Kier molecular flexibility index (Phi) is 5.58. The van der Waals surface area contributed by atoms with E-state index in [0.717, 1.165) is 11.3 Å². The van der Waals surface area contributed by atoms with Gasteiger partial charge < -0.3 is 10.6 Å². The molecule has 0 bridgehead atoms. The number of benzene rings is 2. The third kappa shape index (κ3) is 5.14. The fourth-order valence-corrected chi connectivity index (χ4v) is 2.36. The number of halogens is 1. The van der Waals surface area contributed by atoms with E-state index < -0.39 is 0 Å². The van der Waals surface area contributed by atoms with Crippen LogP contribution in [0.25, 0.3) is 0 Å². The highest BCUT2D eigenvalue weighted by Gasteiger charge is 2.09. The molecule has 1 amide bonds. The van der Waals surface area contributed by atoms with Gasteiger partial charge in [0.05, 0.1) is 13.0 Å². The minimum Gasteiger partial charge on any atom is -0.378 e. The number of nitrogens with zero attached hydrogens (tertiary/aromatic N) is 2. The van der Waals surface area contributed by atoms with Crippen LogP contribution in [0.3, 0.4) is 0 Å². The van der Waals surface area contributed by atoms with Gasteiger partial charge in [0.1, 0.15) is 11.6 Å². The van der Waals surface area contributed by atoms with Gasteiger partial charge in [-0.25, -0.2) is 9.37 Å². The predicted molar refractivity (Wildman–Crippen MR) is 96.8 cm³/mol. The molecule has 3 rings (SSSR count). The highest BCUT2D eigenvalue weighted by Crippen LogP contribution is 2.09. The second-order valence-electron chi connectivity index (χ2n) is 6.00. The van der Waals surface area contributed by atoms with E-state index in [0.29, 0.717) is 24.7 Å². The van der Waals surface area contributed by atoms with Gasteiger partial charge in [-0.3, -0.25) is 9.89 Å². The smallest absolute Gasteiger partial charge is 0.228 e. The van der Waals surface area contributed by atoms with Crippen molar-refractivity contribution in [1.82, 2.24) is 20.5 Å². The maximum absolute atomic E-state index is 12.9. The molecule has 3 aromatic rings. The van der Waals surface area contributed by atoms with Gasteiger partial charge in [0.25, 0.3) is 0 Å². The third-order valence-corrected chi connectivity index (χ3v) is 3.81. The van der Waals surface area contributed by atoms with Crippen LogP contribution in [-0.2, 0) is 24.3 Å². The Bertz CT molecular complexity index is 858. The van der Waals surface area contributed by atoms with Gasteiger partial charge in [-0.2, -0.15) is 5.10 Å². The van der Waals surface area contributed by atoms with Crippen molar-refractivity contribution in [3.8, 4) is 0 Å². The molecule has 0 aliphatic rings. The van der Waals surface area contributed by atoms with E-state index in [9.17, 15) is 9.18 Å². The molecule has 0 saturated heterocycles. The Labute approximate surface area is 150 Å². The lowest BCUT2D eigenvalue weighted by Crippen LogP contribution is -2.25. The first-order chi connectivity index (χ1) is 12.6. The number of rotatable bonds is 7. The van der Waals surface area contributed by atoms with Crippen LogP contribution in [0.1, 0.15) is 22.8 Å². The van der Waals surface area contributed by atoms with E-state index in [2.05, 4.69) is 25.8 Å². The van der Waals surface area contributed by atoms with E-state index in [1.165, 1.54) is 17.7 Å². The number of anilines is 1. The molecule has 1 aromatic heterocycles. The topological polar surface area (TPSA) is 82.7 Å². The van der Waals surface area contributed by atoms with Crippen molar-refractivity contribution in [2.24, 2.45) is 0 Å². The van der Waals surface area contributed by atoms with Crippen molar-refractivity contribution in [2.45, 2.75) is 26.4 Å². The molecule has 0 aliphatic heterocycles. The maximum Gasteiger partial charge on any atom is 0.228 e. The van der Waals surface area contributed by atoms with Gasteiger partial charge >= 0.3 is 0 Å². The van der Waals surface area contributed by atoms with Crippen molar-refractivity contribution >= 4 is 11.6 Å². The Hall–Kier alpha value is -3.22. The molecule has 6 nitrogen and oxygen atoms in total. The highest BCUT2D eigenvalue weighted by atomic mass is 19.1. The first-order valence-corrected chi connectivity index (χ1v) is 8.30. The van der Waals surface area contributed by atoms with Crippen LogP contribution in [0.15, 0.2) is 48.5 Å². The fourth-order valence-electron chi connectivity index (χ4n) is 2.36. The number of aromatic amines is 1. The van der Waals surface area contributed by atoms with E-state index in [4.69, 9.17) is 0 Å². The van der Waals surface area contributed by atoms with Crippen LogP contribution in [0, 0.1) is 12.7 Å². The molecule has 134 valence electrons. The molecule has 0 radical (unpaired) electrons. The molecule has 0 saturated carbocycles. The largest absolute Gasteiger partial charge is 0.378 e. The summed E-state index contributed by atoms with van der Waals surface area (Å²) in [5.41, 5.74) is 3.02. The van der Waals surface area contributed by atoms with E-state index in [1.54, 1.807) is 12.1 Å². The van der Waals surface area contributed by atoms with Crippen LogP contribution < -0.4 is 10.6 Å². The lowest BCUT2D eigenvalue weighted by Gasteiger charge is -2.04. The molecule has 0 atom stereocenters. The quantitative estimate of drug-likeness (QED) is 0.610. The Morgan fingerprint density at radius 3 is 2.54 bits per heavy atom. The van der Waals surface area contributed by atoms with Crippen LogP contribution in [0.4, 0.5) is 10.1 Å². The Morgan fingerprint density at radius 1 is 1.08 bits per heavy atom. The lowest BCUT2D eigenvalue weighted by molar-refractivity contribution is -0.120. The molecule has 2 aromatic carbocycles. The molecule has 26 heavy (non-hydrogen) atoms. The predicted octanol–water partition coefficient (Wildman–Crippen LogP) is 2.72. The minimum absolute atomic E-state index is 0.0855. The average molecular weight is 353 g/mol. The molecular weight excluding hydrogens is 333 g/mol. The van der Waals surface area contributed by atoms with E-state index in [1.807, 2.05) is 31.2 Å². The molecule has 0 fully saturated rings. The van der Waals surface area contributed by atoms with Gasteiger partial charge in [0, 0.05) is 12.2 Å². The van der Waals surface area contributed by atoms with E-state index in [-0.39, 0.29) is 18.1 Å². The summed E-state index contributed by atoms with van der Waals surface area (Å²) in [7, 11) is 0. The zero-order valence-corrected chi connectivity index (χ0v) is 14.4. The first-order valence-electron chi connectivity index (χ1n) is 8.30. The van der Waals surface area contributed by atoms with Crippen LogP contribution in [-0.4, -0.2) is 21.1 Å². The van der Waals surface area contributed by atoms with Gasteiger partial charge in [0.15, 0.2) is 5.82 Å². The molecule has 0 unspecified atom stereocenters. The molecule has 0 spiro atoms. The summed E-state index contributed by atoms with van der Waals surface area (Å²) in [5, 5.41) is 12.9. The summed E-state index contributed by atoms with van der Waals surface area (Å²) in [6.45, 7) is 2.87. The van der Waals surface area contributed by atoms with Crippen molar-refractivity contribution in [2.75, 3.05) is 5.32 Å². The summed E-state index contributed by atoms with van der Waals surface area (Å²) in [5.74, 6) is 0.605. The van der Waals surface area contributed by atoms with Crippen molar-refractivity contribution < 1.29 is 9.18 Å². The number of amides is 1. The summed E-state index contributed by atoms with van der Waals surface area (Å²) in [6.07, 6.45) is 0.0855. The number of carbonyl (C=O) groups excluding carboxylic acids is 1. The normalized spacial score (nSPS) is 10.5. The lowest BCUT2D eigenvalue weighted by atomic mass is 10.2. The standard InChI is InChI=1S/C19H20FN5O/c1-13-2-8-16(9-3-13)21-12-18-23-17(24-25-18)10-19(26)22-11-14-4-6-15(20)7-5-14/h2-9,21H,10-12H2,1H3,(H,22,26)(H,23,24,25). The number of aromatic nitrogens is 3. The van der Waals surface area contributed by atoms with E-state index >= 15 is 0 Å². The fraction of sp³-hybridized carbons (Fsp3) is 0.211. The van der Waals surface area contributed by atoms with Gasteiger partial charge in [-0.05, 0) is 36.8 Å². The Morgan fingerprint density at radius 2 is 1.81 bits per heavy atom. The monoisotopic (exact) mass is 353 g/mol. The zero-order valence-electron chi connectivity index (χ0n) is 14.4. The minimum atomic E-state index is -0.299. The second-order valence-corrected chi connectivity index (χ2v) is 6.00. The number of H-pyrrole nitrogens is 1. The molecule has 0 aliphatic carbocycles. The van der Waals surface area contributed by atoms with Crippen molar-refractivity contribution in [3.05, 3.63) is 77.1 Å². The highest BCUT2D eigenvalue weighted by molar-refractivity contribution is 5.77. The summed E-state index contributed by atoms with van der Waals surface area (Å²) in [6, 6.07) is 14.0. The number of hydrogen-bond acceptors (Lipinski definition) is 4. The molecule has 7 heteroatoms. The number of carbonyl (C=O) groups is 1. The second kappa shape index (κ2) is 8.24. The third-order valence-electron chi connectivity index (χ3n) is 3.81. The van der Waals surface area contributed by atoms with Crippen LogP contribution >= 0.6 is 0 Å².